The summed E-state index contributed by atoms with van der Waals surface area (Å²) in [7, 11) is 1.59. The maximum atomic E-state index is 5.92. The number of nitrogens with one attached hydrogen (secondary N) is 1. The van der Waals surface area contributed by atoms with Crippen LogP contribution in [0.3, 0.4) is 0 Å². The first-order chi connectivity index (χ1) is 8.59. The van der Waals surface area contributed by atoms with E-state index in [1.54, 1.807) is 19.4 Å². The van der Waals surface area contributed by atoms with Crippen LogP contribution in [0, 0.1) is 0 Å². The van der Waals surface area contributed by atoms with E-state index in [9.17, 15) is 0 Å². The Morgan fingerprint density at radius 3 is 3.11 bits per heavy atom. The predicted molar refractivity (Wildman–Crippen MR) is 68.1 cm³/mol. The zero-order valence-corrected chi connectivity index (χ0v) is 11.1. The normalized spacial score (nSPS) is 22.5. The van der Waals surface area contributed by atoms with Crippen molar-refractivity contribution >= 4 is 0 Å². The fourth-order valence-electron chi connectivity index (χ4n) is 1.94. The third-order valence-electron chi connectivity index (χ3n) is 2.76. The van der Waals surface area contributed by atoms with Crippen molar-refractivity contribution in [2.45, 2.75) is 25.6 Å². The molecule has 0 radical (unpaired) electrons. The fraction of sp³-hybridized carbons (Fsp3) is 0.615. The monoisotopic (exact) mass is 252 g/mol. The molecule has 1 unspecified atom stereocenters. The fourth-order valence-corrected chi connectivity index (χ4v) is 1.94. The molecular formula is C13H20N2O3. The van der Waals surface area contributed by atoms with E-state index in [1.807, 2.05) is 6.07 Å². The van der Waals surface area contributed by atoms with Crippen LogP contribution >= 0.6 is 0 Å². The number of morpholine rings is 1. The topological polar surface area (TPSA) is 52.6 Å². The standard InChI is InChI=1S/C13H20N2O3/c1-13(2)9-14-7-11(18-13)8-17-10-4-5-15-12(6-10)16-3/h4-6,11,14H,7-9H2,1-3H3. The summed E-state index contributed by atoms with van der Waals surface area (Å²) in [5.74, 6) is 1.30. The van der Waals surface area contributed by atoms with Crippen molar-refractivity contribution in [3.05, 3.63) is 18.3 Å². The van der Waals surface area contributed by atoms with Gasteiger partial charge in [-0.25, -0.2) is 4.98 Å². The Kier molecular flexibility index (Phi) is 4.04. The van der Waals surface area contributed by atoms with Crippen LogP contribution in [0.15, 0.2) is 18.3 Å². The number of ether oxygens (including phenoxy) is 3. The lowest BCUT2D eigenvalue weighted by molar-refractivity contribution is -0.107. The number of hydrogen-bond acceptors (Lipinski definition) is 5. The van der Waals surface area contributed by atoms with Gasteiger partial charge >= 0.3 is 0 Å². The molecular weight excluding hydrogens is 232 g/mol. The van der Waals surface area contributed by atoms with Gasteiger partial charge in [0.2, 0.25) is 5.88 Å². The van der Waals surface area contributed by atoms with E-state index in [-0.39, 0.29) is 11.7 Å². The summed E-state index contributed by atoms with van der Waals surface area (Å²) in [6, 6.07) is 3.57. The van der Waals surface area contributed by atoms with Gasteiger partial charge in [0.15, 0.2) is 0 Å². The van der Waals surface area contributed by atoms with Crippen molar-refractivity contribution in [1.82, 2.24) is 10.3 Å². The van der Waals surface area contributed by atoms with Crippen LogP contribution in [0.5, 0.6) is 11.6 Å². The lowest BCUT2D eigenvalue weighted by Crippen LogP contribution is -2.52. The second kappa shape index (κ2) is 5.54. The Balaban J connectivity index is 1.87. The lowest BCUT2D eigenvalue weighted by atomic mass is 10.1. The van der Waals surface area contributed by atoms with Crippen LogP contribution in [0.2, 0.25) is 0 Å². The highest BCUT2D eigenvalue weighted by Crippen LogP contribution is 2.19. The molecule has 1 saturated heterocycles. The molecule has 1 N–H and O–H groups in total. The van der Waals surface area contributed by atoms with Gasteiger partial charge < -0.3 is 19.5 Å². The number of rotatable bonds is 4. The molecule has 5 nitrogen and oxygen atoms in total. The smallest absolute Gasteiger partial charge is 0.216 e. The Bertz CT molecular complexity index is 396. The van der Waals surface area contributed by atoms with E-state index in [0.717, 1.165) is 18.8 Å². The highest BCUT2D eigenvalue weighted by Gasteiger charge is 2.28. The molecule has 100 valence electrons. The molecule has 1 aromatic rings. The summed E-state index contributed by atoms with van der Waals surface area (Å²) in [6.07, 6.45) is 1.73. The van der Waals surface area contributed by atoms with E-state index < -0.39 is 0 Å². The summed E-state index contributed by atoms with van der Waals surface area (Å²) in [5, 5.41) is 3.34. The van der Waals surface area contributed by atoms with Crippen molar-refractivity contribution in [3.63, 3.8) is 0 Å². The van der Waals surface area contributed by atoms with Gasteiger partial charge in [0.05, 0.1) is 12.7 Å². The maximum Gasteiger partial charge on any atom is 0.216 e. The molecule has 2 rings (SSSR count). The van der Waals surface area contributed by atoms with Crippen LogP contribution in [-0.4, -0.2) is 43.5 Å². The Labute approximate surface area is 107 Å². The summed E-state index contributed by atoms with van der Waals surface area (Å²) in [5.41, 5.74) is -0.137. The number of methoxy groups -OCH3 is 1. The van der Waals surface area contributed by atoms with Gasteiger partial charge in [-0.05, 0) is 19.9 Å². The molecule has 0 amide bonds. The summed E-state index contributed by atoms with van der Waals surface area (Å²) >= 11 is 0. The van der Waals surface area contributed by atoms with Crippen molar-refractivity contribution in [1.29, 1.82) is 0 Å². The van der Waals surface area contributed by atoms with Crippen molar-refractivity contribution in [3.8, 4) is 11.6 Å². The molecule has 0 aromatic carbocycles. The second-order valence-electron chi connectivity index (χ2n) is 4.98. The molecule has 0 aliphatic carbocycles. The zero-order chi connectivity index (χ0) is 13.0. The van der Waals surface area contributed by atoms with E-state index in [0.29, 0.717) is 12.5 Å². The summed E-state index contributed by atoms with van der Waals surface area (Å²) in [4.78, 5) is 4.03. The van der Waals surface area contributed by atoms with Gasteiger partial charge in [0.1, 0.15) is 18.5 Å². The Morgan fingerprint density at radius 1 is 1.56 bits per heavy atom. The minimum Gasteiger partial charge on any atom is -0.491 e. The van der Waals surface area contributed by atoms with Crippen molar-refractivity contribution in [2.24, 2.45) is 0 Å². The molecule has 0 spiro atoms. The third kappa shape index (κ3) is 3.58. The van der Waals surface area contributed by atoms with E-state index in [4.69, 9.17) is 14.2 Å². The predicted octanol–water partition coefficient (Wildman–Crippen LogP) is 1.24. The average Bonchev–Trinajstić information content (AvgIpc) is 2.35. The summed E-state index contributed by atoms with van der Waals surface area (Å²) in [6.45, 7) is 6.34. The van der Waals surface area contributed by atoms with E-state index in [2.05, 4.69) is 24.1 Å². The average molecular weight is 252 g/mol. The second-order valence-corrected chi connectivity index (χ2v) is 4.98. The van der Waals surface area contributed by atoms with Crippen LogP contribution in [0.4, 0.5) is 0 Å². The third-order valence-corrected chi connectivity index (χ3v) is 2.76. The van der Waals surface area contributed by atoms with Crippen LogP contribution in [-0.2, 0) is 4.74 Å². The highest BCUT2D eigenvalue weighted by atomic mass is 16.5. The lowest BCUT2D eigenvalue weighted by Gasteiger charge is -2.36. The largest absolute Gasteiger partial charge is 0.491 e. The Morgan fingerprint density at radius 2 is 2.39 bits per heavy atom. The van der Waals surface area contributed by atoms with Gasteiger partial charge in [-0.2, -0.15) is 0 Å². The first-order valence-electron chi connectivity index (χ1n) is 6.10. The first kappa shape index (κ1) is 13.1. The molecule has 1 aliphatic heterocycles. The molecule has 1 fully saturated rings. The van der Waals surface area contributed by atoms with Gasteiger partial charge in [0.25, 0.3) is 0 Å². The van der Waals surface area contributed by atoms with E-state index >= 15 is 0 Å². The van der Waals surface area contributed by atoms with Gasteiger partial charge in [0, 0.05) is 25.4 Å². The molecule has 1 aliphatic rings. The molecule has 0 saturated carbocycles. The van der Waals surface area contributed by atoms with Crippen LogP contribution in [0.25, 0.3) is 0 Å². The van der Waals surface area contributed by atoms with Crippen molar-refractivity contribution in [2.75, 3.05) is 26.8 Å². The first-order valence-corrected chi connectivity index (χ1v) is 6.10. The molecule has 2 heterocycles. The number of pyridine rings is 1. The minimum absolute atomic E-state index is 0.0629. The number of nitrogens with zero attached hydrogens (tertiary/aromatic N) is 1. The van der Waals surface area contributed by atoms with E-state index in [1.165, 1.54) is 0 Å². The minimum atomic E-state index is -0.137. The van der Waals surface area contributed by atoms with Crippen molar-refractivity contribution < 1.29 is 14.2 Å². The van der Waals surface area contributed by atoms with Crippen LogP contribution < -0.4 is 14.8 Å². The number of aromatic nitrogens is 1. The molecule has 18 heavy (non-hydrogen) atoms. The zero-order valence-electron chi connectivity index (χ0n) is 11.1. The SMILES string of the molecule is COc1cc(OCC2CNCC(C)(C)O2)ccn1. The van der Waals surface area contributed by atoms with Gasteiger partial charge in [-0.1, -0.05) is 0 Å². The van der Waals surface area contributed by atoms with Gasteiger partial charge in [-0.15, -0.1) is 0 Å². The molecule has 5 heteroatoms. The molecule has 1 aromatic heterocycles. The quantitative estimate of drug-likeness (QED) is 0.873. The molecule has 1 atom stereocenters. The number of hydrogen-bond donors (Lipinski definition) is 1. The Hall–Kier alpha value is -1.33. The summed E-state index contributed by atoms with van der Waals surface area (Å²) < 4.78 is 16.7. The van der Waals surface area contributed by atoms with Gasteiger partial charge in [-0.3, -0.25) is 0 Å². The maximum absolute atomic E-state index is 5.92. The van der Waals surface area contributed by atoms with Crippen LogP contribution in [0.1, 0.15) is 13.8 Å². The highest BCUT2D eigenvalue weighted by molar-refractivity contribution is 5.26. The molecule has 0 bridgehead atoms.